The summed E-state index contributed by atoms with van der Waals surface area (Å²) in [5.41, 5.74) is 2.43. The number of hydrogen-bond donors (Lipinski definition) is 2. The maximum atomic E-state index is 12.8. The van der Waals surface area contributed by atoms with Gasteiger partial charge in [-0.3, -0.25) is 14.8 Å². The Morgan fingerprint density at radius 1 is 1.16 bits per heavy atom. The fourth-order valence-electron chi connectivity index (χ4n) is 3.29. The van der Waals surface area contributed by atoms with Gasteiger partial charge in [-0.05, 0) is 35.7 Å². The van der Waals surface area contributed by atoms with Crippen LogP contribution in [0.3, 0.4) is 0 Å². The molecule has 0 aliphatic rings. The van der Waals surface area contributed by atoms with Crippen LogP contribution in [0.2, 0.25) is 0 Å². The number of rotatable bonds is 8. The minimum atomic E-state index is -0.218. The van der Waals surface area contributed by atoms with Crippen molar-refractivity contribution >= 4 is 32.3 Å². The summed E-state index contributed by atoms with van der Waals surface area (Å²) in [5.74, 6) is 0.321. The van der Waals surface area contributed by atoms with Crippen molar-refractivity contribution in [3.63, 3.8) is 0 Å². The Bertz CT molecular complexity index is 1160. The summed E-state index contributed by atoms with van der Waals surface area (Å²) in [6.07, 6.45) is 7.92. The summed E-state index contributed by atoms with van der Waals surface area (Å²) in [7, 11) is 1.57. The Morgan fingerprint density at radius 2 is 2.06 bits per heavy atom. The maximum Gasteiger partial charge on any atom is 0.270 e. The number of amides is 1. The van der Waals surface area contributed by atoms with Crippen LogP contribution < -0.4 is 15.4 Å². The number of nitrogens with one attached hydrogen (secondary N) is 2. The third kappa shape index (κ3) is 4.80. The summed E-state index contributed by atoms with van der Waals surface area (Å²) >= 11 is 1.61. The number of nitrogens with zero attached hydrogens (tertiary/aromatic N) is 3. The van der Waals surface area contributed by atoms with Crippen LogP contribution in [0.25, 0.3) is 10.1 Å². The predicted molar refractivity (Wildman–Crippen MR) is 122 cm³/mol. The molecule has 0 aromatic carbocycles. The second-order valence-corrected chi connectivity index (χ2v) is 8.05. The Labute approximate surface area is 184 Å². The van der Waals surface area contributed by atoms with Gasteiger partial charge in [0.05, 0.1) is 18.2 Å². The predicted octanol–water partition coefficient (Wildman–Crippen LogP) is 4.59. The zero-order valence-electron chi connectivity index (χ0n) is 17.3. The number of aromatic nitrogens is 3. The molecule has 7 nitrogen and oxygen atoms in total. The van der Waals surface area contributed by atoms with Crippen LogP contribution in [0, 0.1) is 0 Å². The second kappa shape index (κ2) is 9.53. The Morgan fingerprint density at radius 3 is 2.77 bits per heavy atom. The third-order valence-electron chi connectivity index (χ3n) is 4.93. The topological polar surface area (TPSA) is 89.0 Å². The van der Waals surface area contributed by atoms with Crippen molar-refractivity contribution < 1.29 is 9.53 Å². The molecular formula is C23H23N5O2S. The molecule has 0 bridgehead atoms. The number of hydrogen-bond acceptors (Lipinski definition) is 7. The van der Waals surface area contributed by atoms with Crippen LogP contribution in [-0.4, -0.2) is 28.0 Å². The normalized spacial score (nSPS) is 11.8. The van der Waals surface area contributed by atoms with E-state index in [1.54, 1.807) is 43.1 Å². The molecular weight excluding hydrogens is 410 g/mol. The average Bonchev–Trinajstić information content (AvgIpc) is 3.24. The van der Waals surface area contributed by atoms with E-state index < -0.39 is 0 Å². The molecule has 0 radical (unpaired) electrons. The van der Waals surface area contributed by atoms with Crippen molar-refractivity contribution in [2.24, 2.45) is 0 Å². The smallest absolute Gasteiger partial charge is 0.270 e. The van der Waals surface area contributed by atoms with E-state index in [2.05, 4.69) is 38.6 Å². The van der Waals surface area contributed by atoms with Crippen molar-refractivity contribution in [3.8, 4) is 5.88 Å². The van der Waals surface area contributed by atoms with Gasteiger partial charge in [0.25, 0.3) is 5.91 Å². The Balaban J connectivity index is 1.50. The van der Waals surface area contributed by atoms with Crippen LogP contribution >= 0.6 is 11.3 Å². The summed E-state index contributed by atoms with van der Waals surface area (Å²) < 4.78 is 6.07. The Hall–Kier alpha value is -3.52. The molecule has 31 heavy (non-hydrogen) atoms. The molecule has 0 saturated carbocycles. The van der Waals surface area contributed by atoms with E-state index in [-0.39, 0.29) is 11.9 Å². The fourth-order valence-corrected chi connectivity index (χ4v) is 4.30. The highest BCUT2D eigenvalue weighted by molar-refractivity contribution is 7.22. The van der Waals surface area contributed by atoms with Gasteiger partial charge in [-0.1, -0.05) is 19.1 Å². The van der Waals surface area contributed by atoms with Crippen LogP contribution in [0.15, 0.2) is 61.2 Å². The van der Waals surface area contributed by atoms with Gasteiger partial charge >= 0.3 is 0 Å². The van der Waals surface area contributed by atoms with Gasteiger partial charge < -0.3 is 15.4 Å². The number of anilines is 1. The number of thiophene rings is 1. The van der Waals surface area contributed by atoms with Crippen LogP contribution in [0.5, 0.6) is 5.88 Å². The third-order valence-corrected chi connectivity index (χ3v) is 5.96. The molecule has 0 fully saturated rings. The van der Waals surface area contributed by atoms with E-state index in [4.69, 9.17) is 4.74 Å². The van der Waals surface area contributed by atoms with Crippen molar-refractivity contribution in [1.29, 1.82) is 0 Å². The quantitative estimate of drug-likeness (QED) is 0.423. The number of carbonyl (C=O) groups excluding carboxylic acids is 1. The molecule has 8 heteroatoms. The molecule has 0 spiro atoms. The second-order valence-electron chi connectivity index (χ2n) is 6.97. The van der Waals surface area contributed by atoms with Gasteiger partial charge in [0.15, 0.2) is 0 Å². The SMILES string of the molecule is CCC(Nc1cc2c(C(=O)NCc3ccc(OC)nc3)nccc2s1)c1cccnc1. The van der Waals surface area contributed by atoms with Crippen molar-refractivity contribution in [1.82, 2.24) is 20.3 Å². The first-order valence-electron chi connectivity index (χ1n) is 10.00. The highest BCUT2D eigenvalue weighted by Gasteiger charge is 2.16. The minimum Gasteiger partial charge on any atom is -0.481 e. The molecule has 0 aliphatic heterocycles. The van der Waals surface area contributed by atoms with Crippen molar-refractivity contribution in [3.05, 3.63) is 78.0 Å². The molecule has 158 valence electrons. The maximum absolute atomic E-state index is 12.8. The lowest BCUT2D eigenvalue weighted by atomic mass is 10.1. The van der Waals surface area contributed by atoms with E-state index in [0.29, 0.717) is 18.1 Å². The van der Waals surface area contributed by atoms with Gasteiger partial charge in [-0.15, -0.1) is 11.3 Å². The highest BCUT2D eigenvalue weighted by Crippen LogP contribution is 2.34. The molecule has 2 N–H and O–H groups in total. The first kappa shape index (κ1) is 20.7. The molecule has 4 rings (SSSR count). The first-order chi connectivity index (χ1) is 15.2. The molecule has 1 unspecified atom stereocenters. The number of methoxy groups -OCH3 is 1. The zero-order chi connectivity index (χ0) is 21.6. The highest BCUT2D eigenvalue weighted by atomic mass is 32.1. The van der Waals surface area contributed by atoms with Crippen molar-refractivity contribution in [2.45, 2.75) is 25.9 Å². The average molecular weight is 434 g/mol. The molecule has 1 atom stereocenters. The fraction of sp³-hybridized carbons (Fsp3) is 0.217. The van der Waals surface area contributed by atoms with Gasteiger partial charge in [-0.2, -0.15) is 0 Å². The largest absolute Gasteiger partial charge is 0.481 e. The molecule has 0 saturated heterocycles. The molecule has 1 amide bonds. The van der Waals surface area contributed by atoms with Gasteiger partial charge in [0, 0.05) is 47.5 Å². The summed E-state index contributed by atoms with van der Waals surface area (Å²) in [6, 6.07) is 11.7. The zero-order valence-corrected chi connectivity index (χ0v) is 18.1. The lowest BCUT2D eigenvalue weighted by Crippen LogP contribution is -2.24. The van der Waals surface area contributed by atoms with Gasteiger partial charge in [0.2, 0.25) is 5.88 Å². The van der Waals surface area contributed by atoms with Gasteiger partial charge in [0.1, 0.15) is 5.69 Å². The monoisotopic (exact) mass is 433 g/mol. The van der Waals surface area contributed by atoms with Gasteiger partial charge in [-0.25, -0.2) is 4.98 Å². The molecule has 4 aromatic rings. The molecule has 4 aromatic heterocycles. The minimum absolute atomic E-state index is 0.148. The van der Waals surface area contributed by atoms with Crippen molar-refractivity contribution in [2.75, 3.05) is 12.4 Å². The molecule has 4 heterocycles. The lowest BCUT2D eigenvalue weighted by Gasteiger charge is -2.16. The lowest BCUT2D eigenvalue weighted by molar-refractivity contribution is 0.0948. The van der Waals surface area contributed by atoms with E-state index in [9.17, 15) is 4.79 Å². The number of carbonyl (C=O) groups is 1. The van der Waals surface area contributed by atoms with E-state index in [1.807, 2.05) is 30.5 Å². The number of fused-ring (bicyclic) bond motifs is 1. The standard InChI is InChI=1S/C23H23N5O2S/c1-3-18(16-5-4-9-24-14-16)28-21-11-17-19(31-21)8-10-25-22(17)23(29)27-13-15-6-7-20(30-2)26-12-15/h4-12,14,18,28H,3,13H2,1-2H3,(H,27,29). The van der Waals surface area contributed by atoms with Crippen LogP contribution in [0.4, 0.5) is 5.00 Å². The first-order valence-corrected chi connectivity index (χ1v) is 10.8. The molecule has 0 aliphatic carbocycles. The summed E-state index contributed by atoms with van der Waals surface area (Å²) in [4.78, 5) is 25.5. The van der Waals surface area contributed by atoms with E-state index >= 15 is 0 Å². The van der Waals surface area contributed by atoms with Crippen LogP contribution in [0.1, 0.15) is 41.0 Å². The Kier molecular flexibility index (Phi) is 6.37. The number of pyridine rings is 3. The summed E-state index contributed by atoms with van der Waals surface area (Å²) in [5, 5.41) is 8.32. The summed E-state index contributed by atoms with van der Waals surface area (Å²) in [6.45, 7) is 2.49. The van der Waals surface area contributed by atoms with E-state index in [0.717, 1.165) is 32.6 Å². The number of ether oxygens (including phenoxy) is 1. The van der Waals surface area contributed by atoms with Crippen LogP contribution in [-0.2, 0) is 6.54 Å². The van der Waals surface area contributed by atoms with E-state index in [1.165, 1.54) is 0 Å².